The molecule has 0 saturated carbocycles. The number of hydrogen-bond donors (Lipinski definition) is 0. The van der Waals surface area contributed by atoms with Crippen molar-refractivity contribution < 1.29 is 4.79 Å². The highest BCUT2D eigenvalue weighted by atomic mass is 32.2. The van der Waals surface area contributed by atoms with Gasteiger partial charge in [0.2, 0.25) is 0 Å². The maximum absolute atomic E-state index is 13.2. The third-order valence-electron chi connectivity index (χ3n) is 4.91. The number of hydrogen-bond acceptors (Lipinski definition) is 3. The Bertz CT molecular complexity index is 1280. The lowest BCUT2D eigenvalue weighted by Gasteiger charge is -2.17. The summed E-state index contributed by atoms with van der Waals surface area (Å²) in [7, 11) is 0. The summed E-state index contributed by atoms with van der Waals surface area (Å²) >= 11 is 6.94. The van der Waals surface area contributed by atoms with Crippen LogP contribution in [0.4, 0.5) is 5.69 Å². The van der Waals surface area contributed by atoms with Crippen LogP contribution in [-0.2, 0) is 4.79 Å². The van der Waals surface area contributed by atoms with Gasteiger partial charge in [0.15, 0.2) is 4.32 Å². The highest BCUT2D eigenvalue weighted by molar-refractivity contribution is 8.27. The van der Waals surface area contributed by atoms with Gasteiger partial charge in [0.1, 0.15) is 0 Å². The van der Waals surface area contributed by atoms with Gasteiger partial charge in [-0.15, -0.1) is 0 Å². The van der Waals surface area contributed by atoms with Gasteiger partial charge in [-0.25, -0.2) is 0 Å². The number of amides is 1. The van der Waals surface area contributed by atoms with Crippen LogP contribution >= 0.6 is 24.0 Å². The summed E-state index contributed by atoms with van der Waals surface area (Å²) in [6.45, 7) is 0. The molecule has 4 aromatic carbocycles. The van der Waals surface area contributed by atoms with Crippen molar-refractivity contribution in [3.63, 3.8) is 0 Å². The van der Waals surface area contributed by atoms with Crippen molar-refractivity contribution in [1.29, 1.82) is 0 Å². The summed E-state index contributed by atoms with van der Waals surface area (Å²) in [6, 6.07) is 28.3. The minimum absolute atomic E-state index is 0.0701. The van der Waals surface area contributed by atoms with E-state index in [-0.39, 0.29) is 5.91 Å². The molecule has 0 bridgehead atoms. The van der Waals surface area contributed by atoms with E-state index in [2.05, 4.69) is 18.2 Å². The normalized spacial score (nSPS) is 15.9. The molecule has 0 aromatic heterocycles. The van der Waals surface area contributed by atoms with Crippen molar-refractivity contribution in [2.24, 2.45) is 0 Å². The van der Waals surface area contributed by atoms with Crippen molar-refractivity contribution in [1.82, 2.24) is 0 Å². The summed E-state index contributed by atoms with van der Waals surface area (Å²) in [5.74, 6) is -0.0701. The van der Waals surface area contributed by atoms with Crippen LogP contribution in [0, 0.1) is 0 Å². The first-order valence-electron chi connectivity index (χ1n) is 8.96. The Morgan fingerprint density at radius 3 is 2.14 bits per heavy atom. The van der Waals surface area contributed by atoms with Crippen LogP contribution in [0.1, 0.15) is 5.56 Å². The van der Waals surface area contributed by atoms with Crippen molar-refractivity contribution in [2.75, 3.05) is 4.90 Å². The Hall–Kier alpha value is -2.95. The molecule has 134 valence electrons. The second-order valence-electron chi connectivity index (χ2n) is 6.58. The van der Waals surface area contributed by atoms with Gasteiger partial charge in [-0.1, -0.05) is 103 Å². The molecule has 4 aromatic rings. The molecule has 0 aliphatic carbocycles. The Labute approximate surface area is 172 Å². The Kier molecular flexibility index (Phi) is 4.23. The first-order valence-corrected chi connectivity index (χ1v) is 10.2. The molecule has 1 saturated heterocycles. The van der Waals surface area contributed by atoms with Crippen LogP contribution in [0.15, 0.2) is 89.8 Å². The number of thioether (sulfide) groups is 1. The van der Waals surface area contributed by atoms with E-state index >= 15 is 0 Å². The Morgan fingerprint density at radius 2 is 1.36 bits per heavy atom. The highest BCUT2D eigenvalue weighted by Gasteiger charge is 2.34. The molecule has 1 aliphatic rings. The number of benzene rings is 4. The maximum Gasteiger partial charge on any atom is 0.270 e. The molecule has 0 spiro atoms. The number of rotatable bonds is 2. The molecule has 2 nitrogen and oxygen atoms in total. The van der Waals surface area contributed by atoms with E-state index < -0.39 is 0 Å². The van der Waals surface area contributed by atoms with Crippen LogP contribution in [0.5, 0.6) is 0 Å². The zero-order valence-electron chi connectivity index (χ0n) is 14.8. The summed E-state index contributed by atoms with van der Waals surface area (Å²) in [5.41, 5.74) is 1.86. The minimum Gasteiger partial charge on any atom is -0.268 e. The van der Waals surface area contributed by atoms with E-state index in [9.17, 15) is 4.79 Å². The monoisotopic (exact) mass is 397 g/mol. The average Bonchev–Trinajstić information content (AvgIpc) is 3.01. The molecular weight excluding hydrogens is 382 g/mol. The standard InChI is InChI=1S/C24H15NOS2/c26-23-22(15-18-11-5-9-16-7-1-3-12-19(16)18)28-24(27)25(23)21-14-6-10-17-8-2-4-13-20(17)21/h1-15H/b22-15-. The molecule has 0 radical (unpaired) electrons. The van der Waals surface area contributed by atoms with Gasteiger partial charge in [0.25, 0.3) is 5.91 Å². The second kappa shape index (κ2) is 6.89. The lowest BCUT2D eigenvalue weighted by molar-refractivity contribution is -0.113. The zero-order valence-corrected chi connectivity index (χ0v) is 16.5. The molecule has 0 atom stereocenters. The number of nitrogens with zero attached hydrogens (tertiary/aromatic N) is 1. The number of carbonyl (C=O) groups excluding carboxylic acids is 1. The maximum atomic E-state index is 13.2. The van der Waals surface area contributed by atoms with Gasteiger partial charge >= 0.3 is 0 Å². The molecule has 1 aliphatic heterocycles. The highest BCUT2D eigenvalue weighted by Crippen LogP contribution is 2.39. The van der Waals surface area contributed by atoms with Crippen molar-refractivity contribution in [3.8, 4) is 0 Å². The first-order chi connectivity index (χ1) is 13.7. The fourth-order valence-corrected chi connectivity index (χ4v) is 4.87. The zero-order chi connectivity index (χ0) is 19.1. The fourth-order valence-electron chi connectivity index (χ4n) is 3.60. The molecule has 5 rings (SSSR count). The van der Waals surface area contributed by atoms with Gasteiger partial charge in [-0.05, 0) is 33.9 Å². The smallest absolute Gasteiger partial charge is 0.268 e. The van der Waals surface area contributed by atoms with E-state index in [0.29, 0.717) is 9.23 Å². The molecule has 0 N–H and O–H groups in total. The van der Waals surface area contributed by atoms with Crippen molar-refractivity contribution in [2.45, 2.75) is 0 Å². The average molecular weight is 398 g/mol. The fraction of sp³-hybridized carbons (Fsp3) is 0. The molecule has 1 amide bonds. The molecule has 1 fully saturated rings. The third kappa shape index (κ3) is 2.82. The molecule has 0 unspecified atom stereocenters. The number of thiocarbonyl (C=S) groups is 1. The Morgan fingerprint density at radius 1 is 0.750 bits per heavy atom. The summed E-state index contributed by atoms with van der Waals surface area (Å²) < 4.78 is 0.563. The Balaban J connectivity index is 1.60. The van der Waals surface area contributed by atoms with Crippen LogP contribution < -0.4 is 4.90 Å². The van der Waals surface area contributed by atoms with Crippen molar-refractivity contribution >= 4 is 67.5 Å². The van der Waals surface area contributed by atoms with Gasteiger partial charge in [-0.2, -0.15) is 0 Å². The van der Waals surface area contributed by atoms with Crippen molar-refractivity contribution in [3.05, 3.63) is 95.4 Å². The van der Waals surface area contributed by atoms with Gasteiger partial charge in [0, 0.05) is 5.39 Å². The SMILES string of the molecule is O=C1/C(=C/c2cccc3ccccc23)SC(=S)N1c1cccc2ccccc12. The molecule has 28 heavy (non-hydrogen) atoms. The van der Waals surface area contributed by atoms with E-state index in [4.69, 9.17) is 12.2 Å². The summed E-state index contributed by atoms with van der Waals surface area (Å²) in [4.78, 5) is 15.5. The van der Waals surface area contributed by atoms with E-state index in [1.54, 1.807) is 4.90 Å². The largest absolute Gasteiger partial charge is 0.270 e. The number of anilines is 1. The van der Waals surface area contributed by atoms with Crippen LogP contribution in [-0.4, -0.2) is 10.2 Å². The molecule has 1 heterocycles. The van der Waals surface area contributed by atoms with Crippen LogP contribution in [0.25, 0.3) is 27.6 Å². The van der Waals surface area contributed by atoms with E-state index in [0.717, 1.165) is 32.8 Å². The number of fused-ring (bicyclic) bond motifs is 2. The lowest BCUT2D eigenvalue weighted by Crippen LogP contribution is -2.27. The van der Waals surface area contributed by atoms with E-state index in [1.165, 1.54) is 11.8 Å². The van der Waals surface area contributed by atoms with Crippen LogP contribution in [0.2, 0.25) is 0 Å². The lowest BCUT2D eigenvalue weighted by atomic mass is 10.0. The predicted octanol–water partition coefficient (Wildman–Crippen LogP) is 6.40. The van der Waals surface area contributed by atoms with Crippen LogP contribution in [0.3, 0.4) is 0 Å². The summed E-state index contributed by atoms with van der Waals surface area (Å²) in [6.07, 6.45) is 1.95. The quantitative estimate of drug-likeness (QED) is 0.288. The second-order valence-corrected chi connectivity index (χ2v) is 8.26. The van der Waals surface area contributed by atoms with Gasteiger partial charge in [-0.3, -0.25) is 9.69 Å². The molecular formula is C24H15NOS2. The van der Waals surface area contributed by atoms with E-state index in [1.807, 2.05) is 72.8 Å². The third-order valence-corrected chi connectivity index (χ3v) is 6.21. The first kappa shape index (κ1) is 17.2. The molecule has 4 heteroatoms. The minimum atomic E-state index is -0.0701. The van der Waals surface area contributed by atoms with Gasteiger partial charge < -0.3 is 0 Å². The number of carbonyl (C=O) groups is 1. The summed E-state index contributed by atoms with van der Waals surface area (Å²) in [5, 5.41) is 4.39. The predicted molar refractivity (Wildman–Crippen MR) is 124 cm³/mol. The topological polar surface area (TPSA) is 20.3 Å². The van der Waals surface area contributed by atoms with Gasteiger partial charge in [0.05, 0.1) is 10.6 Å².